The monoisotopic (exact) mass is 227 g/mol. The van der Waals surface area contributed by atoms with Crippen molar-refractivity contribution in [3.63, 3.8) is 0 Å². The van der Waals surface area contributed by atoms with Gasteiger partial charge in [-0.25, -0.2) is 14.4 Å². The zero-order valence-electron chi connectivity index (χ0n) is 9.24. The van der Waals surface area contributed by atoms with Gasteiger partial charge in [0.25, 0.3) is 0 Å². The molecular weight excluding hydrogens is 217 g/mol. The molecule has 0 aliphatic heterocycles. The van der Waals surface area contributed by atoms with Crippen LogP contribution in [0.2, 0.25) is 0 Å². The predicted octanol–water partition coefficient (Wildman–Crippen LogP) is 3.07. The van der Waals surface area contributed by atoms with Crippen molar-refractivity contribution >= 4 is 11.0 Å². The van der Waals surface area contributed by atoms with Crippen LogP contribution in [0.15, 0.2) is 36.8 Å². The number of hydrogen-bond acceptors (Lipinski definition) is 2. The number of nitrogens with one attached hydrogen (secondary N) is 1. The quantitative estimate of drug-likeness (QED) is 0.694. The van der Waals surface area contributed by atoms with Gasteiger partial charge in [0.15, 0.2) is 0 Å². The number of halogens is 1. The highest BCUT2D eigenvalue weighted by Gasteiger charge is 2.08. The maximum Gasteiger partial charge on any atom is 0.141 e. The molecule has 0 aliphatic carbocycles. The number of hydrogen-bond donors (Lipinski definition) is 1. The highest BCUT2D eigenvalue weighted by atomic mass is 19.1. The van der Waals surface area contributed by atoms with E-state index < -0.39 is 0 Å². The molecule has 0 unspecified atom stereocenters. The highest BCUT2D eigenvalue weighted by Crippen LogP contribution is 2.25. The third-order valence-corrected chi connectivity index (χ3v) is 2.80. The van der Waals surface area contributed by atoms with Crippen LogP contribution >= 0.6 is 0 Å². The van der Waals surface area contributed by atoms with E-state index in [4.69, 9.17) is 0 Å². The van der Waals surface area contributed by atoms with Gasteiger partial charge in [-0.1, -0.05) is 12.1 Å². The number of H-pyrrole nitrogens is 1. The lowest BCUT2D eigenvalue weighted by Crippen LogP contribution is -1.89. The Morgan fingerprint density at radius 1 is 1.18 bits per heavy atom. The number of benzene rings is 1. The molecule has 3 aromatic rings. The average Bonchev–Trinajstić information content (AvgIpc) is 2.80. The van der Waals surface area contributed by atoms with Crippen LogP contribution in [0.1, 0.15) is 5.56 Å². The van der Waals surface area contributed by atoms with Crippen molar-refractivity contribution < 1.29 is 4.39 Å². The molecule has 0 saturated carbocycles. The fraction of sp³-hybridized carbons (Fsp3) is 0.0769. The second-order valence-electron chi connectivity index (χ2n) is 3.93. The van der Waals surface area contributed by atoms with Crippen LogP contribution in [0.4, 0.5) is 4.39 Å². The molecule has 17 heavy (non-hydrogen) atoms. The van der Waals surface area contributed by atoms with Gasteiger partial charge in [0.05, 0.1) is 5.69 Å². The lowest BCUT2D eigenvalue weighted by Gasteiger charge is -2.03. The number of aromatic amines is 1. The van der Waals surface area contributed by atoms with E-state index in [0.29, 0.717) is 5.56 Å². The molecule has 3 nitrogen and oxygen atoms in total. The molecule has 84 valence electrons. The molecule has 3 rings (SSSR count). The summed E-state index contributed by atoms with van der Waals surface area (Å²) < 4.78 is 13.5. The van der Waals surface area contributed by atoms with Gasteiger partial charge in [-0.15, -0.1) is 0 Å². The van der Waals surface area contributed by atoms with Gasteiger partial charge in [0.2, 0.25) is 0 Å². The van der Waals surface area contributed by atoms with Crippen LogP contribution in [0, 0.1) is 12.7 Å². The van der Waals surface area contributed by atoms with Gasteiger partial charge in [0, 0.05) is 17.1 Å². The summed E-state index contributed by atoms with van der Waals surface area (Å²) in [6.45, 7) is 1.74. The smallest absolute Gasteiger partial charge is 0.141 e. The molecular formula is C13H10FN3. The zero-order chi connectivity index (χ0) is 11.8. The molecule has 0 fully saturated rings. The fourth-order valence-electron chi connectivity index (χ4n) is 1.84. The van der Waals surface area contributed by atoms with Gasteiger partial charge in [0.1, 0.15) is 17.8 Å². The Hall–Kier alpha value is -2.23. The van der Waals surface area contributed by atoms with Crippen LogP contribution in [0.5, 0.6) is 0 Å². The van der Waals surface area contributed by atoms with E-state index in [1.54, 1.807) is 19.2 Å². The minimum Gasteiger partial charge on any atom is -0.346 e. The van der Waals surface area contributed by atoms with Crippen molar-refractivity contribution in [2.45, 2.75) is 6.92 Å². The molecule has 1 aromatic carbocycles. The Labute approximate surface area is 97.3 Å². The van der Waals surface area contributed by atoms with Gasteiger partial charge in [-0.2, -0.15) is 0 Å². The van der Waals surface area contributed by atoms with Crippen molar-refractivity contribution in [1.82, 2.24) is 15.0 Å². The first-order valence-electron chi connectivity index (χ1n) is 5.30. The van der Waals surface area contributed by atoms with Gasteiger partial charge in [-0.05, 0) is 24.6 Å². The Kier molecular flexibility index (Phi) is 2.14. The third-order valence-electron chi connectivity index (χ3n) is 2.80. The number of aryl methyl sites for hydroxylation is 1. The summed E-state index contributed by atoms with van der Waals surface area (Å²) in [7, 11) is 0. The summed E-state index contributed by atoms with van der Waals surface area (Å²) in [6, 6.07) is 7.02. The van der Waals surface area contributed by atoms with Gasteiger partial charge in [-0.3, -0.25) is 0 Å². The van der Waals surface area contributed by atoms with Crippen molar-refractivity contribution in [2.24, 2.45) is 0 Å². The van der Waals surface area contributed by atoms with Crippen molar-refractivity contribution in [1.29, 1.82) is 0 Å². The number of nitrogens with zero attached hydrogens (tertiary/aromatic N) is 2. The summed E-state index contributed by atoms with van der Waals surface area (Å²) in [6.07, 6.45) is 3.28. The molecule has 1 N–H and O–H groups in total. The van der Waals surface area contributed by atoms with Gasteiger partial charge < -0.3 is 4.98 Å². The van der Waals surface area contributed by atoms with Gasteiger partial charge >= 0.3 is 0 Å². The maximum absolute atomic E-state index is 13.5. The summed E-state index contributed by atoms with van der Waals surface area (Å²) in [5.41, 5.74) is 2.90. The van der Waals surface area contributed by atoms with E-state index in [-0.39, 0.29) is 5.82 Å². The van der Waals surface area contributed by atoms with E-state index in [0.717, 1.165) is 22.3 Å². The third kappa shape index (κ3) is 1.58. The van der Waals surface area contributed by atoms with Crippen molar-refractivity contribution in [3.8, 4) is 11.3 Å². The lowest BCUT2D eigenvalue weighted by molar-refractivity contribution is 0.619. The zero-order valence-corrected chi connectivity index (χ0v) is 9.24. The Morgan fingerprint density at radius 3 is 2.88 bits per heavy atom. The van der Waals surface area contributed by atoms with E-state index in [1.807, 2.05) is 12.1 Å². The van der Waals surface area contributed by atoms with E-state index in [2.05, 4.69) is 15.0 Å². The number of aromatic nitrogens is 3. The van der Waals surface area contributed by atoms with E-state index in [1.165, 1.54) is 12.4 Å². The topological polar surface area (TPSA) is 41.6 Å². The molecule has 2 heterocycles. The van der Waals surface area contributed by atoms with Crippen molar-refractivity contribution in [2.75, 3.05) is 0 Å². The summed E-state index contributed by atoms with van der Waals surface area (Å²) in [5.74, 6) is -0.218. The fourth-order valence-corrected chi connectivity index (χ4v) is 1.84. The molecule has 0 atom stereocenters. The first-order valence-corrected chi connectivity index (χ1v) is 5.30. The van der Waals surface area contributed by atoms with E-state index >= 15 is 0 Å². The molecule has 0 bridgehead atoms. The SMILES string of the molecule is Cc1ccc(-c2ncnc3[nH]ccc23)cc1F. The lowest BCUT2D eigenvalue weighted by atomic mass is 10.1. The molecule has 4 heteroatoms. The maximum atomic E-state index is 13.5. The number of fused-ring (bicyclic) bond motifs is 1. The molecule has 0 aliphatic rings. The largest absolute Gasteiger partial charge is 0.346 e. The molecule has 0 radical (unpaired) electrons. The second-order valence-corrected chi connectivity index (χ2v) is 3.93. The standard InChI is InChI=1S/C13H10FN3/c1-8-2-3-9(6-11(8)14)12-10-4-5-15-13(10)17-7-16-12/h2-7H,1H3,(H,15,16,17). The number of rotatable bonds is 1. The Morgan fingerprint density at radius 2 is 2.06 bits per heavy atom. The summed E-state index contributed by atoms with van der Waals surface area (Å²) in [4.78, 5) is 11.3. The van der Waals surface area contributed by atoms with E-state index in [9.17, 15) is 4.39 Å². The second kappa shape index (κ2) is 3.66. The minimum atomic E-state index is -0.218. The summed E-state index contributed by atoms with van der Waals surface area (Å²) >= 11 is 0. The summed E-state index contributed by atoms with van der Waals surface area (Å²) in [5, 5.41) is 0.899. The van der Waals surface area contributed by atoms with Crippen LogP contribution in [-0.2, 0) is 0 Å². The molecule has 0 saturated heterocycles. The van der Waals surface area contributed by atoms with Crippen molar-refractivity contribution in [3.05, 3.63) is 48.2 Å². The minimum absolute atomic E-state index is 0.218. The van der Waals surface area contributed by atoms with Crippen LogP contribution < -0.4 is 0 Å². The first-order chi connectivity index (χ1) is 8.25. The predicted molar refractivity (Wildman–Crippen MR) is 64.0 cm³/mol. The van der Waals surface area contributed by atoms with Crippen LogP contribution in [-0.4, -0.2) is 15.0 Å². The first kappa shape index (κ1) is 9.96. The Bertz CT molecular complexity index is 688. The molecule has 0 amide bonds. The normalized spacial score (nSPS) is 10.9. The molecule has 0 spiro atoms. The Balaban J connectivity index is 2.26. The average molecular weight is 227 g/mol. The van der Waals surface area contributed by atoms with Crippen LogP contribution in [0.3, 0.4) is 0 Å². The van der Waals surface area contributed by atoms with Crippen LogP contribution in [0.25, 0.3) is 22.3 Å². The highest BCUT2D eigenvalue weighted by molar-refractivity contribution is 5.90. The molecule has 2 aromatic heterocycles.